The molecule has 0 bridgehead atoms. The van der Waals surface area contributed by atoms with Gasteiger partial charge in [-0.05, 0) is 19.9 Å². The summed E-state index contributed by atoms with van der Waals surface area (Å²) in [7, 11) is 1.83. The van der Waals surface area contributed by atoms with E-state index >= 15 is 0 Å². The van der Waals surface area contributed by atoms with Gasteiger partial charge in [-0.3, -0.25) is 0 Å². The Bertz CT molecular complexity index is 526. The number of nitrogens with one attached hydrogen (secondary N) is 2. The molecule has 2 aromatic rings. The highest BCUT2D eigenvalue weighted by atomic mass is 32.1. The highest BCUT2D eigenvalue weighted by Gasteiger charge is 2.09. The number of hydrogen-bond acceptors (Lipinski definition) is 6. The maximum atomic E-state index is 5.31. The summed E-state index contributed by atoms with van der Waals surface area (Å²) < 4.78 is 5.31. The Morgan fingerprint density at radius 1 is 1.39 bits per heavy atom. The third-order valence-electron chi connectivity index (χ3n) is 2.48. The van der Waals surface area contributed by atoms with Crippen molar-refractivity contribution in [3.8, 4) is 0 Å². The first-order chi connectivity index (χ1) is 8.74. The zero-order valence-electron chi connectivity index (χ0n) is 10.9. The van der Waals surface area contributed by atoms with Crippen LogP contribution in [0, 0.1) is 6.92 Å². The summed E-state index contributed by atoms with van der Waals surface area (Å²) in [5.74, 6) is 1.51. The second-order valence-electron chi connectivity index (χ2n) is 3.85. The van der Waals surface area contributed by atoms with Gasteiger partial charge in [0.1, 0.15) is 10.6 Å². The molecule has 0 saturated carbocycles. The quantitative estimate of drug-likeness (QED) is 0.787. The summed E-state index contributed by atoms with van der Waals surface area (Å²) in [5, 5.41) is 7.36. The van der Waals surface area contributed by atoms with E-state index in [4.69, 9.17) is 4.74 Å². The number of rotatable bonds is 6. The Kier molecular flexibility index (Phi) is 4.33. The average molecular weight is 266 g/mol. The Labute approximate surface area is 111 Å². The third-order valence-corrected chi connectivity index (χ3v) is 3.43. The van der Waals surface area contributed by atoms with Gasteiger partial charge in [0.05, 0.1) is 12.0 Å². The number of anilines is 2. The molecule has 2 heterocycles. The van der Waals surface area contributed by atoms with Crippen LogP contribution in [-0.4, -0.2) is 36.8 Å². The fourth-order valence-electron chi connectivity index (χ4n) is 1.67. The first-order valence-corrected chi connectivity index (χ1v) is 6.83. The van der Waals surface area contributed by atoms with E-state index in [1.54, 1.807) is 11.3 Å². The number of thiophene rings is 1. The molecule has 0 aliphatic carbocycles. The summed E-state index contributed by atoms with van der Waals surface area (Å²) >= 11 is 1.68. The van der Waals surface area contributed by atoms with E-state index in [0.717, 1.165) is 29.2 Å². The van der Waals surface area contributed by atoms with Crippen LogP contribution in [-0.2, 0) is 4.74 Å². The summed E-state index contributed by atoms with van der Waals surface area (Å²) in [4.78, 5) is 11.1. The maximum Gasteiger partial charge on any atom is 0.225 e. The van der Waals surface area contributed by atoms with Gasteiger partial charge in [-0.2, -0.15) is 4.98 Å². The van der Waals surface area contributed by atoms with Gasteiger partial charge in [-0.25, -0.2) is 4.98 Å². The van der Waals surface area contributed by atoms with Crippen LogP contribution in [0.5, 0.6) is 0 Å². The van der Waals surface area contributed by atoms with Crippen LogP contribution in [0.1, 0.15) is 11.8 Å². The van der Waals surface area contributed by atoms with Gasteiger partial charge in [0, 0.05) is 25.1 Å². The lowest BCUT2D eigenvalue weighted by Gasteiger charge is -2.08. The van der Waals surface area contributed by atoms with Gasteiger partial charge in [0.25, 0.3) is 0 Å². The van der Waals surface area contributed by atoms with Crippen molar-refractivity contribution >= 4 is 33.3 Å². The molecular formula is C12H18N4OS. The van der Waals surface area contributed by atoms with Crippen molar-refractivity contribution in [3.05, 3.63) is 10.9 Å². The number of aryl methyl sites for hydroxylation is 1. The minimum absolute atomic E-state index is 0.642. The summed E-state index contributed by atoms with van der Waals surface area (Å²) in [6.07, 6.45) is 0. The molecule has 6 heteroatoms. The van der Waals surface area contributed by atoms with Crippen molar-refractivity contribution in [1.82, 2.24) is 9.97 Å². The second kappa shape index (κ2) is 5.97. The van der Waals surface area contributed by atoms with E-state index in [2.05, 4.69) is 33.6 Å². The number of fused-ring (bicyclic) bond motifs is 1. The standard InChI is InChI=1S/C12H18N4OS/c1-4-17-6-5-14-10-9-7-8(2)18-11(9)16-12(13-3)15-10/h7H,4-6H2,1-3H3,(H2,13,14,15,16). The Morgan fingerprint density at radius 3 is 2.94 bits per heavy atom. The lowest BCUT2D eigenvalue weighted by molar-refractivity contribution is 0.158. The molecule has 98 valence electrons. The number of ether oxygens (including phenoxy) is 1. The molecule has 0 radical (unpaired) electrons. The van der Waals surface area contributed by atoms with Crippen molar-refractivity contribution in [2.45, 2.75) is 13.8 Å². The Morgan fingerprint density at radius 2 is 2.22 bits per heavy atom. The molecule has 0 aliphatic rings. The lowest BCUT2D eigenvalue weighted by Crippen LogP contribution is -2.11. The van der Waals surface area contributed by atoms with Crippen LogP contribution in [0.25, 0.3) is 10.2 Å². The van der Waals surface area contributed by atoms with Gasteiger partial charge in [0.2, 0.25) is 5.95 Å². The highest BCUT2D eigenvalue weighted by Crippen LogP contribution is 2.29. The zero-order valence-corrected chi connectivity index (χ0v) is 11.7. The molecule has 0 aromatic carbocycles. The third kappa shape index (κ3) is 2.88. The minimum Gasteiger partial charge on any atom is -0.380 e. The van der Waals surface area contributed by atoms with Crippen molar-refractivity contribution in [3.63, 3.8) is 0 Å². The van der Waals surface area contributed by atoms with E-state index in [0.29, 0.717) is 12.6 Å². The number of aromatic nitrogens is 2. The molecule has 18 heavy (non-hydrogen) atoms. The van der Waals surface area contributed by atoms with E-state index in [9.17, 15) is 0 Å². The second-order valence-corrected chi connectivity index (χ2v) is 5.08. The lowest BCUT2D eigenvalue weighted by atomic mass is 10.3. The molecule has 0 atom stereocenters. The van der Waals surface area contributed by atoms with Gasteiger partial charge >= 0.3 is 0 Å². The molecule has 0 aliphatic heterocycles. The number of nitrogens with zero attached hydrogens (tertiary/aromatic N) is 2. The van der Waals surface area contributed by atoms with Gasteiger partial charge in [0.15, 0.2) is 0 Å². The molecule has 0 saturated heterocycles. The molecule has 0 spiro atoms. The predicted octanol–water partition coefficient (Wildman–Crippen LogP) is 2.49. The van der Waals surface area contributed by atoms with Gasteiger partial charge in [-0.1, -0.05) is 0 Å². The SMILES string of the molecule is CCOCCNc1nc(NC)nc2sc(C)cc12. The van der Waals surface area contributed by atoms with Crippen LogP contribution in [0.3, 0.4) is 0 Å². The normalized spacial score (nSPS) is 10.8. The first-order valence-electron chi connectivity index (χ1n) is 6.02. The van der Waals surface area contributed by atoms with Gasteiger partial charge < -0.3 is 15.4 Å². The van der Waals surface area contributed by atoms with Crippen LogP contribution in [0.15, 0.2) is 6.07 Å². The molecule has 2 rings (SSSR count). The molecule has 2 N–H and O–H groups in total. The predicted molar refractivity (Wildman–Crippen MR) is 76.7 cm³/mol. The highest BCUT2D eigenvalue weighted by molar-refractivity contribution is 7.18. The molecule has 0 amide bonds. The van der Waals surface area contributed by atoms with Crippen LogP contribution in [0.4, 0.5) is 11.8 Å². The fourth-order valence-corrected chi connectivity index (χ4v) is 2.55. The van der Waals surface area contributed by atoms with Crippen molar-refractivity contribution in [1.29, 1.82) is 0 Å². The maximum absolute atomic E-state index is 5.31. The van der Waals surface area contributed by atoms with Crippen LogP contribution in [0.2, 0.25) is 0 Å². The van der Waals surface area contributed by atoms with Gasteiger partial charge in [-0.15, -0.1) is 11.3 Å². The minimum atomic E-state index is 0.642. The summed E-state index contributed by atoms with van der Waals surface area (Å²) in [6, 6.07) is 2.11. The van der Waals surface area contributed by atoms with E-state index < -0.39 is 0 Å². The average Bonchev–Trinajstić information content (AvgIpc) is 2.74. The molecular weight excluding hydrogens is 248 g/mol. The smallest absolute Gasteiger partial charge is 0.225 e. The molecule has 2 aromatic heterocycles. The number of hydrogen-bond donors (Lipinski definition) is 2. The largest absolute Gasteiger partial charge is 0.380 e. The van der Waals surface area contributed by atoms with E-state index in [1.807, 2.05) is 14.0 Å². The van der Waals surface area contributed by atoms with Crippen LogP contribution >= 0.6 is 11.3 Å². The topological polar surface area (TPSA) is 59.1 Å². The van der Waals surface area contributed by atoms with Crippen molar-refractivity contribution < 1.29 is 4.74 Å². The van der Waals surface area contributed by atoms with E-state index in [1.165, 1.54) is 4.88 Å². The van der Waals surface area contributed by atoms with Crippen molar-refractivity contribution in [2.24, 2.45) is 0 Å². The van der Waals surface area contributed by atoms with Crippen molar-refractivity contribution in [2.75, 3.05) is 37.4 Å². The molecule has 5 nitrogen and oxygen atoms in total. The monoisotopic (exact) mass is 266 g/mol. The first kappa shape index (κ1) is 13.0. The fraction of sp³-hybridized carbons (Fsp3) is 0.500. The van der Waals surface area contributed by atoms with E-state index in [-0.39, 0.29) is 0 Å². The molecule has 0 unspecified atom stereocenters. The Hall–Kier alpha value is -1.40. The summed E-state index contributed by atoms with van der Waals surface area (Å²) in [5.41, 5.74) is 0. The zero-order chi connectivity index (χ0) is 13.0. The summed E-state index contributed by atoms with van der Waals surface area (Å²) in [6.45, 7) is 6.23. The Balaban J connectivity index is 2.23. The van der Waals surface area contributed by atoms with Crippen LogP contribution < -0.4 is 10.6 Å². The molecule has 0 fully saturated rings.